The lowest BCUT2D eigenvalue weighted by Gasteiger charge is -2.39. The maximum atomic E-state index is 16.2. The summed E-state index contributed by atoms with van der Waals surface area (Å²) >= 11 is 6.76. The van der Waals surface area contributed by atoms with Crippen molar-refractivity contribution in [3.63, 3.8) is 0 Å². The average Bonchev–Trinajstić information content (AvgIpc) is 4.19. The number of methoxy groups -OCH3 is 1. The lowest BCUT2D eigenvalue weighted by molar-refractivity contribution is -0.141. The van der Waals surface area contributed by atoms with Crippen LogP contribution >= 0.6 is 11.6 Å². The van der Waals surface area contributed by atoms with Gasteiger partial charge in [0, 0.05) is 118 Å². The summed E-state index contributed by atoms with van der Waals surface area (Å²) in [7, 11) is 1.52. The van der Waals surface area contributed by atoms with E-state index in [0.29, 0.717) is 82.5 Å². The van der Waals surface area contributed by atoms with Crippen molar-refractivity contribution < 1.29 is 47.4 Å². The Labute approximate surface area is 468 Å². The number of anilines is 1. The van der Waals surface area contributed by atoms with Gasteiger partial charge in [0.05, 0.1) is 35.2 Å². The van der Waals surface area contributed by atoms with Gasteiger partial charge < -0.3 is 40.5 Å². The smallest absolute Gasteiger partial charge is 0.264 e. The highest BCUT2D eigenvalue weighted by Gasteiger charge is 2.46. The largest absolute Gasteiger partial charge is 0.488 e. The summed E-state index contributed by atoms with van der Waals surface area (Å²) in [6.07, 6.45) is 8.77. The number of halogens is 2. The van der Waals surface area contributed by atoms with Gasteiger partial charge in [-0.15, -0.1) is 0 Å². The van der Waals surface area contributed by atoms with Gasteiger partial charge in [-0.05, 0) is 92.5 Å². The highest BCUT2D eigenvalue weighted by Crippen LogP contribution is 2.40. The summed E-state index contributed by atoms with van der Waals surface area (Å²) in [5, 5.41) is 14.5. The minimum atomic E-state index is -1.05. The molecule has 1 aromatic heterocycles. The summed E-state index contributed by atoms with van der Waals surface area (Å²) in [4.78, 5) is 97.9. The van der Waals surface area contributed by atoms with Gasteiger partial charge in [0.25, 0.3) is 11.8 Å². The molecule has 4 fully saturated rings. The number of hydrogen-bond acceptors (Lipinski definition) is 13. The number of carbonyl (C=O) groups excluding carboxylic acids is 7. The number of imide groups is 2. The number of rotatable bonds is 19. The topological polar surface area (TPSA) is 231 Å². The van der Waals surface area contributed by atoms with Crippen LogP contribution in [0.3, 0.4) is 0 Å². The maximum absolute atomic E-state index is 16.2. The summed E-state index contributed by atoms with van der Waals surface area (Å²) in [6.45, 7) is 4.39. The van der Waals surface area contributed by atoms with E-state index in [0.717, 1.165) is 47.3 Å². The number of likely N-dealkylation sites (tertiary alicyclic amines) is 1. The van der Waals surface area contributed by atoms with E-state index in [4.69, 9.17) is 26.8 Å². The second-order valence-electron chi connectivity index (χ2n) is 21.2. The number of fused-ring (bicyclic) bond motifs is 1. The first-order valence-corrected chi connectivity index (χ1v) is 27.9. The number of piperazine rings is 1. The van der Waals surface area contributed by atoms with Gasteiger partial charge in [0.2, 0.25) is 29.5 Å². The van der Waals surface area contributed by atoms with E-state index in [1.165, 1.54) is 19.2 Å². The second kappa shape index (κ2) is 24.9. The lowest BCUT2D eigenvalue weighted by atomic mass is 9.87. The fourth-order valence-corrected chi connectivity index (χ4v) is 12.1. The molecule has 5 N–H and O–H groups in total. The van der Waals surface area contributed by atoms with Crippen LogP contribution in [-0.2, 0) is 37.0 Å². The third-order valence-corrected chi connectivity index (χ3v) is 16.6. The van der Waals surface area contributed by atoms with Gasteiger partial charge in [0.15, 0.2) is 11.6 Å². The van der Waals surface area contributed by atoms with Gasteiger partial charge in [0.1, 0.15) is 19.2 Å². The molecule has 2 unspecified atom stereocenters. The SMILES string of the molecule is COCCOc1ccc(C(N)=O)c(-c2cc(C(CNC3CCC(NCc4cnn(CC(=O)N5CCC(C(=O)N6CCN(c7cccc8c7C(=O)N(C7CCC(=O)NC7=O)C8=O)CC6)CC5)c4)CC3)c3ccccc3)ccc2Cl)c1F. The van der Waals surface area contributed by atoms with Gasteiger partial charge in [-0.2, -0.15) is 5.10 Å². The van der Waals surface area contributed by atoms with Crippen LogP contribution in [0.5, 0.6) is 5.75 Å². The predicted octanol–water partition coefficient (Wildman–Crippen LogP) is 5.28. The Morgan fingerprint density at radius 2 is 1.52 bits per heavy atom. The Kier molecular flexibility index (Phi) is 17.3. The standard InChI is InChI=1S/C59H66ClFN10O9/c1-79-28-29-80-49-18-15-42(55(62)74)52(54(49)61)44-30-39(10-16-46(44)60)45(37-6-3-2-4-7-37)33-64-41-13-11-40(12-14-41)63-31-36-32-65-70(34-36)35-51(73)68-22-20-38(21-23-68)57(76)69-26-24-67(25-27-69)47-9-5-8-43-53(47)59(78)71(58(43)77)48-17-19-50(72)66-56(48)75/h2-10,15-16,18,30,32,34,38,40-41,45,48,63-64H,11-14,17,19-29,31,33,35H2,1H3,(H2,62,74)(H,66,72,75). The van der Waals surface area contributed by atoms with E-state index in [1.54, 1.807) is 40.0 Å². The molecule has 5 aliphatic rings. The normalized spacial score (nSPS) is 20.2. The number of primary amides is 1. The van der Waals surface area contributed by atoms with E-state index in [9.17, 15) is 33.6 Å². The molecule has 5 heterocycles. The number of hydrogen-bond donors (Lipinski definition) is 4. The number of carbonyl (C=O) groups is 7. The van der Waals surface area contributed by atoms with E-state index in [-0.39, 0.29) is 95.3 Å². The highest BCUT2D eigenvalue weighted by molar-refractivity contribution is 6.33. The van der Waals surface area contributed by atoms with Crippen molar-refractivity contribution in [1.29, 1.82) is 0 Å². The van der Waals surface area contributed by atoms with Crippen LogP contribution in [0.4, 0.5) is 10.1 Å². The van der Waals surface area contributed by atoms with Crippen LogP contribution in [0.25, 0.3) is 11.1 Å². The molecule has 5 aromatic rings. The molecule has 21 heteroatoms. The summed E-state index contributed by atoms with van der Waals surface area (Å²) in [5.41, 5.74) is 10.1. The predicted molar refractivity (Wildman–Crippen MR) is 295 cm³/mol. The van der Waals surface area contributed by atoms with Crippen molar-refractivity contribution in [2.45, 2.75) is 88.5 Å². The molecular weight excluding hydrogens is 1050 g/mol. The van der Waals surface area contributed by atoms with Crippen molar-refractivity contribution in [3.05, 3.63) is 135 Å². The third kappa shape index (κ3) is 12.1. The quantitative estimate of drug-likeness (QED) is 0.0611. The molecule has 4 aromatic carbocycles. The van der Waals surface area contributed by atoms with Crippen molar-refractivity contribution in [2.24, 2.45) is 11.7 Å². The minimum absolute atomic E-state index is 0.00287. The van der Waals surface area contributed by atoms with Crippen LogP contribution in [-0.4, -0.2) is 150 Å². The Hall–Kier alpha value is -7.52. The molecule has 0 bridgehead atoms. The Bertz CT molecular complexity index is 3150. The molecule has 0 spiro atoms. The van der Waals surface area contributed by atoms with Gasteiger partial charge in [-0.1, -0.05) is 54.1 Å². The fraction of sp³-hybridized carbons (Fsp3) is 0.424. The molecule has 1 aliphatic carbocycles. The molecular formula is C59H66ClFN10O9. The molecule has 7 amide bonds. The van der Waals surface area contributed by atoms with E-state index in [1.807, 2.05) is 46.3 Å². The number of amides is 7. The molecule has 0 radical (unpaired) electrons. The molecule has 19 nitrogen and oxygen atoms in total. The number of aromatic nitrogens is 2. The number of nitrogens with zero attached hydrogens (tertiary/aromatic N) is 6. The molecule has 1 saturated carbocycles. The van der Waals surface area contributed by atoms with Gasteiger partial charge in [-0.25, -0.2) is 4.39 Å². The summed E-state index contributed by atoms with van der Waals surface area (Å²) in [5.74, 6) is -4.10. The van der Waals surface area contributed by atoms with Crippen LogP contribution in [0.1, 0.15) is 105 Å². The Balaban J connectivity index is 0.664. The van der Waals surface area contributed by atoms with Crippen LogP contribution < -0.4 is 31.3 Å². The zero-order valence-corrected chi connectivity index (χ0v) is 45.4. The van der Waals surface area contributed by atoms with Crippen molar-refractivity contribution >= 4 is 58.6 Å². The molecule has 420 valence electrons. The fourth-order valence-electron chi connectivity index (χ4n) is 11.9. The molecule has 3 saturated heterocycles. The van der Waals surface area contributed by atoms with Crippen LogP contribution in [0, 0.1) is 11.7 Å². The van der Waals surface area contributed by atoms with Crippen LogP contribution in [0.15, 0.2) is 91.3 Å². The maximum Gasteiger partial charge on any atom is 0.264 e. The summed E-state index contributed by atoms with van der Waals surface area (Å²) in [6, 6.07) is 23.0. The Morgan fingerprint density at radius 1 is 0.787 bits per heavy atom. The van der Waals surface area contributed by atoms with E-state index in [2.05, 4.69) is 33.2 Å². The van der Waals surface area contributed by atoms with Gasteiger partial charge >= 0.3 is 0 Å². The minimum Gasteiger partial charge on any atom is -0.488 e. The van der Waals surface area contributed by atoms with Crippen molar-refractivity contribution in [2.75, 3.05) is 71.0 Å². The first-order valence-electron chi connectivity index (χ1n) is 27.5. The molecule has 2 atom stereocenters. The molecule has 4 aliphatic heterocycles. The number of nitrogens with one attached hydrogen (secondary N) is 3. The first-order chi connectivity index (χ1) is 38.8. The number of ether oxygens (including phenoxy) is 2. The Morgan fingerprint density at radius 3 is 2.24 bits per heavy atom. The number of nitrogens with two attached hydrogens (primary N) is 1. The monoisotopic (exact) mass is 1110 g/mol. The zero-order chi connectivity index (χ0) is 56.0. The third-order valence-electron chi connectivity index (χ3n) is 16.3. The van der Waals surface area contributed by atoms with E-state index >= 15 is 4.39 Å². The van der Waals surface area contributed by atoms with Crippen molar-refractivity contribution in [1.82, 2.24) is 40.4 Å². The highest BCUT2D eigenvalue weighted by atomic mass is 35.5. The number of piperidine rings is 2. The average molecular weight is 1110 g/mol. The lowest BCUT2D eigenvalue weighted by Crippen LogP contribution is -2.54. The zero-order valence-electron chi connectivity index (χ0n) is 44.7. The first kappa shape index (κ1) is 55.8. The molecule has 80 heavy (non-hydrogen) atoms. The summed E-state index contributed by atoms with van der Waals surface area (Å²) < 4.78 is 28.6. The van der Waals surface area contributed by atoms with Gasteiger partial charge in [-0.3, -0.25) is 48.5 Å². The second-order valence-corrected chi connectivity index (χ2v) is 21.6. The van der Waals surface area contributed by atoms with Crippen LogP contribution in [0.2, 0.25) is 5.02 Å². The van der Waals surface area contributed by atoms with E-state index < -0.39 is 41.4 Å². The van der Waals surface area contributed by atoms with Crippen molar-refractivity contribution in [3.8, 4) is 16.9 Å². The number of benzene rings is 4. The molecule has 10 rings (SSSR count).